The lowest BCUT2D eigenvalue weighted by atomic mass is 10.2. The molecule has 0 aliphatic heterocycles. The van der Waals surface area contributed by atoms with Gasteiger partial charge < -0.3 is 14.8 Å². The number of benzene rings is 1. The van der Waals surface area contributed by atoms with E-state index in [1.165, 1.54) is 0 Å². The van der Waals surface area contributed by atoms with Crippen LogP contribution in [0.5, 0.6) is 0 Å². The minimum absolute atomic E-state index is 0.177. The summed E-state index contributed by atoms with van der Waals surface area (Å²) in [6.07, 6.45) is 0. The fourth-order valence-electron chi connectivity index (χ4n) is 2.05. The summed E-state index contributed by atoms with van der Waals surface area (Å²) in [5.41, 5.74) is 1.24. The van der Waals surface area contributed by atoms with Gasteiger partial charge in [-0.25, -0.2) is 4.98 Å². The second-order valence-corrected chi connectivity index (χ2v) is 5.15. The van der Waals surface area contributed by atoms with E-state index in [2.05, 4.69) is 20.4 Å². The van der Waals surface area contributed by atoms with Gasteiger partial charge >= 0.3 is 0 Å². The highest BCUT2D eigenvalue weighted by molar-refractivity contribution is 6.31. The van der Waals surface area contributed by atoms with E-state index < -0.39 is 0 Å². The molecule has 0 saturated carbocycles. The first-order chi connectivity index (χ1) is 10.1. The van der Waals surface area contributed by atoms with Crippen molar-refractivity contribution in [2.75, 3.05) is 0 Å². The highest BCUT2D eigenvalue weighted by Crippen LogP contribution is 2.14. The van der Waals surface area contributed by atoms with Crippen molar-refractivity contribution in [3.8, 4) is 0 Å². The molecular weight excluding hydrogens is 292 g/mol. The van der Waals surface area contributed by atoms with E-state index in [1.807, 2.05) is 13.0 Å². The van der Waals surface area contributed by atoms with Crippen molar-refractivity contribution in [3.05, 3.63) is 56.9 Å². The summed E-state index contributed by atoms with van der Waals surface area (Å²) in [4.78, 5) is 19.1. The van der Waals surface area contributed by atoms with Gasteiger partial charge in [0.15, 0.2) is 5.76 Å². The van der Waals surface area contributed by atoms with Crippen LogP contribution in [-0.4, -0.2) is 15.1 Å². The average molecular weight is 305 g/mol. The molecule has 7 heteroatoms. The molecule has 21 heavy (non-hydrogen) atoms. The van der Waals surface area contributed by atoms with Gasteiger partial charge in [0.2, 0.25) is 0 Å². The Morgan fingerprint density at radius 2 is 2.19 bits per heavy atom. The molecule has 0 spiro atoms. The third-order valence-electron chi connectivity index (χ3n) is 2.99. The molecule has 0 aliphatic rings. The van der Waals surface area contributed by atoms with Crippen molar-refractivity contribution in [2.24, 2.45) is 0 Å². The third kappa shape index (κ3) is 3.12. The molecule has 0 saturated heterocycles. The number of rotatable bonds is 4. The molecule has 0 unspecified atom stereocenters. The molecule has 3 aromatic rings. The maximum absolute atomic E-state index is 12.0. The van der Waals surface area contributed by atoms with Crippen LogP contribution >= 0.6 is 11.6 Å². The second kappa shape index (κ2) is 5.67. The Balaban J connectivity index is 1.76. The van der Waals surface area contributed by atoms with E-state index in [4.69, 9.17) is 16.1 Å². The Kier molecular flexibility index (Phi) is 3.72. The number of hydrogen-bond donors (Lipinski definition) is 2. The topological polar surface area (TPSA) is 83.8 Å². The number of H-pyrrole nitrogens is 1. The zero-order chi connectivity index (χ0) is 14.8. The zero-order valence-electron chi connectivity index (χ0n) is 11.3. The Labute approximate surface area is 125 Å². The van der Waals surface area contributed by atoms with Gasteiger partial charge in [-0.1, -0.05) is 16.8 Å². The number of nitrogens with one attached hydrogen (secondary N) is 2. The van der Waals surface area contributed by atoms with E-state index in [0.29, 0.717) is 34.8 Å². The van der Waals surface area contributed by atoms with Gasteiger partial charge in [-0.05, 0) is 25.1 Å². The normalized spacial score (nSPS) is 11.1. The minimum Gasteiger partial charge on any atom is -0.360 e. The minimum atomic E-state index is -0.177. The molecule has 0 radical (unpaired) electrons. The summed E-state index contributed by atoms with van der Waals surface area (Å²) >= 11 is 5.92. The SMILES string of the molecule is Cc1cc(CNCc2nc3cc(Cl)ccc3c(=O)[nH]2)on1. The standard InChI is InChI=1S/C14H13ClN4O2/c1-8-4-10(21-19-8)6-16-7-13-17-12-5-9(15)2-3-11(12)14(20)18-13/h2-5,16H,6-7H2,1H3,(H,17,18,20). The largest absolute Gasteiger partial charge is 0.360 e. The van der Waals surface area contributed by atoms with E-state index in [0.717, 1.165) is 11.5 Å². The molecule has 2 N–H and O–H groups in total. The Hall–Kier alpha value is -2.18. The Morgan fingerprint density at radius 3 is 2.95 bits per heavy atom. The first-order valence-electron chi connectivity index (χ1n) is 6.43. The summed E-state index contributed by atoms with van der Waals surface area (Å²) < 4.78 is 5.09. The molecule has 0 amide bonds. The van der Waals surface area contributed by atoms with Crippen molar-refractivity contribution in [1.82, 2.24) is 20.4 Å². The van der Waals surface area contributed by atoms with Crippen LogP contribution in [-0.2, 0) is 13.1 Å². The van der Waals surface area contributed by atoms with Gasteiger partial charge in [0, 0.05) is 11.1 Å². The van der Waals surface area contributed by atoms with E-state index in [9.17, 15) is 4.79 Å². The molecule has 3 rings (SSSR count). The fraction of sp³-hybridized carbons (Fsp3) is 0.214. The Morgan fingerprint density at radius 1 is 1.33 bits per heavy atom. The average Bonchev–Trinajstić information content (AvgIpc) is 2.84. The molecule has 2 heterocycles. The lowest BCUT2D eigenvalue weighted by molar-refractivity contribution is 0.369. The summed E-state index contributed by atoms with van der Waals surface area (Å²) in [6, 6.07) is 6.86. The molecule has 0 atom stereocenters. The van der Waals surface area contributed by atoms with Crippen LogP contribution in [0, 0.1) is 6.92 Å². The van der Waals surface area contributed by atoms with Gasteiger partial charge in [-0.2, -0.15) is 0 Å². The van der Waals surface area contributed by atoms with Gasteiger partial charge in [0.1, 0.15) is 5.82 Å². The van der Waals surface area contributed by atoms with E-state index in [-0.39, 0.29) is 5.56 Å². The van der Waals surface area contributed by atoms with Crippen LogP contribution in [0.15, 0.2) is 33.6 Å². The lowest BCUT2D eigenvalue weighted by Crippen LogP contribution is -2.19. The number of aryl methyl sites for hydroxylation is 1. The predicted molar refractivity (Wildman–Crippen MR) is 79.2 cm³/mol. The van der Waals surface area contributed by atoms with Gasteiger partial charge in [-0.15, -0.1) is 0 Å². The van der Waals surface area contributed by atoms with Crippen molar-refractivity contribution in [3.63, 3.8) is 0 Å². The summed E-state index contributed by atoms with van der Waals surface area (Å²) in [5.74, 6) is 1.28. The maximum Gasteiger partial charge on any atom is 0.258 e. The molecular formula is C14H13ClN4O2. The van der Waals surface area contributed by atoms with Gasteiger partial charge in [0.25, 0.3) is 5.56 Å². The first-order valence-corrected chi connectivity index (χ1v) is 6.81. The summed E-state index contributed by atoms with van der Waals surface area (Å²) in [6.45, 7) is 2.79. The molecule has 0 aliphatic carbocycles. The molecule has 0 bridgehead atoms. The fourth-order valence-corrected chi connectivity index (χ4v) is 2.21. The number of aromatic nitrogens is 3. The molecule has 2 aromatic heterocycles. The number of hydrogen-bond acceptors (Lipinski definition) is 5. The van der Waals surface area contributed by atoms with Gasteiger partial charge in [0.05, 0.1) is 29.7 Å². The predicted octanol–water partition coefficient (Wildman–Crippen LogP) is 2.16. The van der Waals surface area contributed by atoms with Crippen LogP contribution in [0.2, 0.25) is 5.02 Å². The Bertz CT molecular complexity index is 840. The van der Waals surface area contributed by atoms with Crippen LogP contribution < -0.4 is 10.9 Å². The highest BCUT2D eigenvalue weighted by Gasteiger charge is 2.05. The molecule has 1 aromatic carbocycles. The molecule has 0 fully saturated rings. The van der Waals surface area contributed by atoms with Crippen molar-refractivity contribution in [2.45, 2.75) is 20.0 Å². The second-order valence-electron chi connectivity index (χ2n) is 4.71. The maximum atomic E-state index is 12.0. The van der Waals surface area contributed by atoms with Crippen molar-refractivity contribution >= 4 is 22.5 Å². The van der Waals surface area contributed by atoms with Crippen LogP contribution in [0.25, 0.3) is 10.9 Å². The lowest BCUT2D eigenvalue weighted by Gasteiger charge is -2.04. The van der Waals surface area contributed by atoms with Crippen LogP contribution in [0.1, 0.15) is 17.3 Å². The van der Waals surface area contributed by atoms with Crippen LogP contribution in [0.3, 0.4) is 0 Å². The van der Waals surface area contributed by atoms with Crippen LogP contribution in [0.4, 0.5) is 0 Å². The zero-order valence-corrected chi connectivity index (χ0v) is 12.1. The third-order valence-corrected chi connectivity index (χ3v) is 3.22. The smallest absolute Gasteiger partial charge is 0.258 e. The van der Waals surface area contributed by atoms with E-state index in [1.54, 1.807) is 18.2 Å². The monoisotopic (exact) mass is 304 g/mol. The highest BCUT2D eigenvalue weighted by atomic mass is 35.5. The molecule has 6 nitrogen and oxygen atoms in total. The number of fused-ring (bicyclic) bond motifs is 1. The number of nitrogens with zero attached hydrogens (tertiary/aromatic N) is 2. The summed E-state index contributed by atoms with van der Waals surface area (Å²) in [7, 11) is 0. The first kappa shape index (κ1) is 13.8. The molecule has 108 valence electrons. The number of aromatic amines is 1. The van der Waals surface area contributed by atoms with Crippen molar-refractivity contribution in [1.29, 1.82) is 0 Å². The van der Waals surface area contributed by atoms with E-state index >= 15 is 0 Å². The summed E-state index contributed by atoms with van der Waals surface area (Å²) in [5, 5.41) is 8.02. The quantitative estimate of drug-likeness (QED) is 0.771. The number of halogens is 1. The van der Waals surface area contributed by atoms with Crippen molar-refractivity contribution < 1.29 is 4.52 Å². The van der Waals surface area contributed by atoms with Gasteiger partial charge in [-0.3, -0.25) is 4.79 Å².